The van der Waals surface area contributed by atoms with Gasteiger partial charge in [-0.3, -0.25) is 0 Å². The first kappa shape index (κ1) is 19.4. The lowest BCUT2D eigenvalue weighted by molar-refractivity contribution is 0.0725. The highest BCUT2D eigenvalue weighted by Crippen LogP contribution is 2.26. The van der Waals surface area contributed by atoms with E-state index in [9.17, 15) is 9.59 Å². The molecule has 0 N–H and O–H groups in total. The fourth-order valence-electron chi connectivity index (χ4n) is 3.04. The van der Waals surface area contributed by atoms with Crippen LogP contribution in [0, 0.1) is 13.8 Å². The van der Waals surface area contributed by atoms with Crippen LogP contribution in [0.5, 0.6) is 11.5 Å². The number of carbonyl (C=O) groups excluding carboxylic acids is 2. The molecule has 0 unspecified atom stereocenters. The predicted octanol–water partition coefficient (Wildman–Crippen LogP) is 5.90. The third-order valence-corrected chi connectivity index (χ3v) is 4.78. The van der Waals surface area contributed by atoms with Gasteiger partial charge < -0.3 is 9.47 Å². The van der Waals surface area contributed by atoms with E-state index in [4.69, 9.17) is 9.47 Å². The highest BCUT2D eigenvalue weighted by molar-refractivity contribution is 5.93. The van der Waals surface area contributed by atoms with Crippen LogP contribution < -0.4 is 9.47 Å². The smallest absolute Gasteiger partial charge is 0.343 e. The van der Waals surface area contributed by atoms with E-state index in [-0.39, 0.29) is 0 Å². The molecule has 0 atom stereocenters. The van der Waals surface area contributed by atoms with Crippen LogP contribution in [0.2, 0.25) is 0 Å². The molecule has 4 aromatic carbocycles. The zero-order valence-corrected chi connectivity index (χ0v) is 16.7. The molecule has 4 aromatic rings. The van der Waals surface area contributed by atoms with Gasteiger partial charge >= 0.3 is 11.9 Å². The Bertz CT molecular complexity index is 1120. The molecule has 4 rings (SSSR count). The summed E-state index contributed by atoms with van der Waals surface area (Å²) in [4.78, 5) is 24.6. The number of fused-ring (bicyclic) bond motifs is 1. The minimum Gasteiger partial charge on any atom is -0.423 e. The number of benzene rings is 4. The number of ether oxygens (including phenoxy) is 2. The van der Waals surface area contributed by atoms with Gasteiger partial charge in [0.05, 0.1) is 11.1 Å². The Balaban J connectivity index is 1.49. The lowest BCUT2D eigenvalue weighted by Gasteiger charge is -2.08. The molecular weight excluding hydrogens is 376 g/mol. The average Bonchev–Trinajstić information content (AvgIpc) is 2.74. The van der Waals surface area contributed by atoms with Gasteiger partial charge in [-0.25, -0.2) is 9.59 Å². The van der Waals surface area contributed by atoms with Crippen molar-refractivity contribution in [2.45, 2.75) is 13.8 Å². The van der Waals surface area contributed by atoms with Crippen molar-refractivity contribution in [1.82, 2.24) is 0 Å². The van der Waals surface area contributed by atoms with Crippen LogP contribution in [-0.4, -0.2) is 11.9 Å². The molecule has 0 aliphatic rings. The second-order valence-electron chi connectivity index (χ2n) is 7.18. The molecule has 0 saturated heterocycles. The Morgan fingerprint density at radius 3 is 1.27 bits per heavy atom. The molecule has 148 valence electrons. The Morgan fingerprint density at radius 2 is 0.900 bits per heavy atom. The van der Waals surface area contributed by atoms with E-state index in [0.29, 0.717) is 22.6 Å². The van der Waals surface area contributed by atoms with E-state index >= 15 is 0 Å². The van der Waals surface area contributed by atoms with Crippen molar-refractivity contribution in [3.05, 3.63) is 107 Å². The third kappa shape index (κ3) is 4.39. The summed E-state index contributed by atoms with van der Waals surface area (Å²) in [6.07, 6.45) is 0. The average molecular weight is 396 g/mol. The summed E-state index contributed by atoms with van der Waals surface area (Å²) in [5, 5.41) is 1.75. The number of hydrogen-bond acceptors (Lipinski definition) is 4. The molecule has 4 heteroatoms. The summed E-state index contributed by atoms with van der Waals surface area (Å²) in [5.41, 5.74) is 3.16. The fourth-order valence-corrected chi connectivity index (χ4v) is 3.04. The summed E-state index contributed by atoms with van der Waals surface area (Å²) in [5.74, 6) is 0.103. The van der Waals surface area contributed by atoms with Crippen LogP contribution in [0.3, 0.4) is 0 Å². The molecule has 0 aliphatic heterocycles. The number of esters is 2. The van der Waals surface area contributed by atoms with Crippen molar-refractivity contribution >= 4 is 22.7 Å². The number of aryl methyl sites for hydroxylation is 2. The van der Waals surface area contributed by atoms with Gasteiger partial charge in [-0.2, -0.15) is 0 Å². The van der Waals surface area contributed by atoms with Crippen molar-refractivity contribution in [3.8, 4) is 11.5 Å². The van der Waals surface area contributed by atoms with Crippen LogP contribution in [0.4, 0.5) is 0 Å². The minimum atomic E-state index is -0.405. The van der Waals surface area contributed by atoms with Gasteiger partial charge in [0, 0.05) is 0 Å². The summed E-state index contributed by atoms with van der Waals surface area (Å²) in [7, 11) is 0. The van der Waals surface area contributed by atoms with Gasteiger partial charge in [0.25, 0.3) is 0 Å². The fraction of sp³-hybridized carbons (Fsp3) is 0.0769. The molecule has 0 radical (unpaired) electrons. The number of hydrogen-bond donors (Lipinski definition) is 0. The molecule has 0 saturated carbocycles. The van der Waals surface area contributed by atoms with Crippen LogP contribution in [0.1, 0.15) is 31.8 Å². The third-order valence-electron chi connectivity index (χ3n) is 4.78. The van der Waals surface area contributed by atoms with E-state index in [1.54, 1.807) is 48.5 Å². The van der Waals surface area contributed by atoms with E-state index in [2.05, 4.69) is 0 Å². The molecule has 0 spiro atoms. The van der Waals surface area contributed by atoms with Gasteiger partial charge in [-0.15, -0.1) is 0 Å². The first-order valence-corrected chi connectivity index (χ1v) is 9.59. The highest BCUT2D eigenvalue weighted by atomic mass is 16.5. The molecule has 30 heavy (non-hydrogen) atoms. The summed E-state index contributed by atoms with van der Waals surface area (Å²) in [6, 6.07) is 25.1. The summed E-state index contributed by atoms with van der Waals surface area (Å²) >= 11 is 0. The Labute approximate surface area is 174 Å². The Kier molecular flexibility index (Phi) is 5.31. The molecular formula is C26H20O4. The lowest BCUT2D eigenvalue weighted by Crippen LogP contribution is -2.08. The van der Waals surface area contributed by atoms with Crippen molar-refractivity contribution < 1.29 is 19.1 Å². The zero-order valence-electron chi connectivity index (χ0n) is 16.7. The van der Waals surface area contributed by atoms with E-state index in [1.807, 2.05) is 50.2 Å². The SMILES string of the molecule is Cc1ccc(C(=O)Oc2ccc3cc(OC(=O)c4ccc(C)cc4)ccc3c2)cc1. The molecule has 0 aromatic heterocycles. The van der Waals surface area contributed by atoms with Crippen molar-refractivity contribution in [2.24, 2.45) is 0 Å². The number of carbonyl (C=O) groups is 2. The van der Waals surface area contributed by atoms with Crippen LogP contribution >= 0.6 is 0 Å². The standard InChI is InChI=1S/C26H20O4/c1-17-3-7-19(8-4-17)25(27)29-23-13-11-22-16-24(14-12-21(22)15-23)30-26(28)20-9-5-18(2)6-10-20/h3-16H,1-2H3. The lowest BCUT2D eigenvalue weighted by atomic mass is 10.1. The second-order valence-corrected chi connectivity index (χ2v) is 7.18. The van der Waals surface area contributed by atoms with Crippen LogP contribution in [0.25, 0.3) is 10.8 Å². The Hall–Kier alpha value is -3.92. The molecule has 0 amide bonds. The molecule has 0 fully saturated rings. The van der Waals surface area contributed by atoms with Crippen LogP contribution in [-0.2, 0) is 0 Å². The number of rotatable bonds is 4. The quantitative estimate of drug-likeness (QED) is 0.319. The van der Waals surface area contributed by atoms with E-state index in [1.165, 1.54) is 0 Å². The molecule has 4 nitrogen and oxygen atoms in total. The van der Waals surface area contributed by atoms with Crippen molar-refractivity contribution in [3.63, 3.8) is 0 Å². The van der Waals surface area contributed by atoms with Crippen molar-refractivity contribution in [2.75, 3.05) is 0 Å². The van der Waals surface area contributed by atoms with Gasteiger partial charge in [0.15, 0.2) is 0 Å². The van der Waals surface area contributed by atoms with E-state index < -0.39 is 11.9 Å². The monoisotopic (exact) mass is 396 g/mol. The highest BCUT2D eigenvalue weighted by Gasteiger charge is 2.11. The Morgan fingerprint density at radius 1 is 0.533 bits per heavy atom. The second kappa shape index (κ2) is 8.21. The minimum absolute atomic E-state index is 0.405. The maximum Gasteiger partial charge on any atom is 0.343 e. The van der Waals surface area contributed by atoms with Gasteiger partial charge in [0.2, 0.25) is 0 Å². The summed E-state index contributed by atoms with van der Waals surface area (Å²) in [6.45, 7) is 3.93. The van der Waals surface area contributed by atoms with E-state index in [0.717, 1.165) is 21.9 Å². The molecule has 0 bridgehead atoms. The first-order chi connectivity index (χ1) is 14.5. The first-order valence-electron chi connectivity index (χ1n) is 9.59. The largest absolute Gasteiger partial charge is 0.423 e. The van der Waals surface area contributed by atoms with Gasteiger partial charge in [-0.1, -0.05) is 47.5 Å². The normalized spacial score (nSPS) is 10.6. The zero-order chi connectivity index (χ0) is 21.1. The van der Waals surface area contributed by atoms with Crippen LogP contribution in [0.15, 0.2) is 84.9 Å². The predicted molar refractivity (Wildman–Crippen MR) is 116 cm³/mol. The maximum absolute atomic E-state index is 12.3. The van der Waals surface area contributed by atoms with Crippen molar-refractivity contribution in [1.29, 1.82) is 0 Å². The molecule has 0 aliphatic carbocycles. The molecule has 0 heterocycles. The maximum atomic E-state index is 12.3. The van der Waals surface area contributed by atoms with Gasteiger partial charge in [-0.05, 0) is 73.2 Å². The summed E-state index contributed by atoms with van der Waals surface area (Å²) < 4.78 is 11.0. The van der Waals surface area contributed by atoms with Gasteiger partial charge in [0.1, 0.15) is 11.5 Å². The topological polar surface area (TPSA) is 52.6 Å².